The molecule has 0 aliphatic heterocycles. The number of aliphatic hydroxyl groups excluding tert-OH is 2. The second kappa shape index (κ2) is 8.29. The van der Waals surface area contributed by atoms with Gasteiger partial charge in [-0.2, -0.15) is 0 Å². The Morgan fingerprint density at radius 2 is 1.63 bits per heavy atom. The summed E-state index contributed by atoms with van der Waals surface area (Å²) in [6, 6.07) is 0. The topological polar surface area (TPSA) is 124 Å². The number of esters is 1. The molecule has 0 heterocycles. The quantitative estimate of drug-likeness (QED) is 0.308. The van der Waals surface area contributed by atoms with Crippen molar-refractivity contribution < 1.29 is 34.8 Å². The number of ether oxygens (including phenoxy) is 1. The fourth-order valence-corrected chi connectivity index (χ4v) is 11.1. The minimum Gasteiger partial charge on any atom is -0.481 e. The van der Waals surface area contributed by atoms with Crippen LogP contribution in [0.3, 0.4) is 0 Å². The van der Waals surface area contributed by atoms with Gasteiger partial charge in [0.05, 0.1) is 35.7 Å². The van der Waals surface area contributed by atoms with Crippen molar-refractivity contribution in [3.63, 3.8) is 0 Å². The molecule has 4 N–H and O–H groups in total. The molecule has 0 radical (unpaired) electrons. The molecule has 0 spiro atoms. The fourth-order valence-electron chi connectivity index (χ4n) is 11.1. The highest BCUT2D eigenvalue weighted by atomic mass is 16.5. The molecule has 5 aliphatic rings. The smallest absolute Gasteiger partial charge is 0.314 e. The minimum absolute atomic E-state index is 0.00208. The van der Waals surface area contributed by atoms with Crippen molar-refractivity contribution in [2.45, 2.75) is 111 Å². The maximum Gasteiger partial charge on any atom is 0.314 e. The average Bonchev–Trinajstić information content (AvgIpc) is 2.84. The van der Waals surface area contributed by atoms with Crippen molar-refractivity contribution in [1.29, 1.82) is 0 Å². The molecule has 12 atom stereocenters. The van der Waals surface area contributed by atoms with Gasteiger partial charge in [-0.15, -0.1) is 0 Å². The van der Waals surface area contributed by atoms with E-state index in [1.54, 1.807) is 6.92 Å². The monoisotopic (exact) mass is 532 g/mol. The Morgan fingerprint density at radius 1 is 0.974 bits per heavy atom. The van der Waals surface area contributed by atoms with Gasteiger partial charge in [-0.25, -0.2) is 0 Å². The molecule has 4 saturated carbocycles. The molecule has 0 unspecified atom stereocenters. The second-order valence-corrected chi connectivity index (χ2v) is 14.8. The first-order chi connectivity index (χ1) is 17.5. The first-order valence-corrected chi connectivity index (χ1v) is 14.6. The maximum absolute atomic E-state index is 13.1. The van der Waals surface area contributed by atoms with Crippen LogP contribution in [0.1, 0.15) is 92.9 Å². The molecule has 0 aromatic rings. The highest BCUT2D eigenvalue weighted by molar-refractivity contribution is 5.78. The van der Waals surface area contributed by atoms with E-state index in [1.165, 1.54) is 7.11 Å². The van der Waals surface area contributed by atoms with Crippen molar-refractivity contribution in [2.75, 3.05) is 7.11 Å². The number of hydrogen-bond acceptors (Lipinski definition) is 6. The Kier molecular flexibility index (Phi) is 6.13. The van der Waals surface area contributed by atoms with Crippen molar-refractivity contribution in [3.05, 3.63) is 11.6 Å². The van der Waals surface area contributed by atoms with E-state index < -0.39 is 51.9 Å². The van der Waals surface area contributed by atoms with Crippen molar-refractivity contribution in [1.82, 2.24) is 0 Å². The lowest BCUT2D eigenvalue weighted by Crippen LogP contribution is -2.70. The number of carbonyl (C=O) groups is 2. The summed E-state index contributed by atoms with van der Waals surface area (Å²) in [5.41, 5.74) is -3.15. The molecule has 0 aromatic carbocycles. The Labute approximate surface area is 227 Å². The van der Waals surface area contributed by atoms with Crippen molar-refractivity contribution >= 4 is 11.9 Å². The SMILES string of the molecule is COC(=O)[C@@]1(C)[C@@H]2CC[C@]3(C)[C@H](CC=C4[C@H]5[C@](C(=O)O)(CC[C@@H](C)[C@@]5(C)O)CC[C@]43C)[C@@]2(C)C[C@@H](O)[C@@H]1O. The summed E-state index contributed by atoms with van der Waals surface area (Å²) in [4.78, 5) is 26.0. The van der Waals surface area contributed by atoms with Crippen LogP contribution < -0.4 is 0 Å². The van der Waals surface area contributed by atoms with E-state index in [2.05, 4.69) is 26.8 Å². The zero-order chi connectivity index (χ0) is 28.3. The average molecular weight is 533 g/mol. The molecule has 38 heavy (non-hydrogen) atoms. The molecule has 214 valence electrons. The van der Waals surface area contributed by atoms with Gasteiger partial charge in [-0.1, -0.05) is 39.3 Å². The van der Waals surface area contributed by atoms with Crippen LogP contribution in [0.25, 0.3) is 0 Å². The van der Waals surface area contributed by atoms with Crippen LogP contribution in [0.2, 0.25) is 0 Å². The molecule has 4 fully saturated rings. The Hall–Kier alpha value is -1.44. The molecule has 7 nitrogen and oxygen atoms in total. The lowest BCUT2D eigenvalue weighted by atomic mass is 9.33. The summed E-state index contributed by atoms with van der Waals surface area (Å²) in [5.74, 6) is -1.75. The van der Waals surface area contributed by atoms with E-state index in [4.69, 9.17) is 4.74 Å². The molecule has 0 bridgehead atoms. The summed E-state index contributed by atoms with van der Waals surface area (Å²) in [5, 5.41) is 44.7. The summed E-state index contributed by atoms with van der Waals surface area (Å²) < 4.78 is 5.19. The van der Waals surface area contributed by atoms with Gasteiger partial charge in [0.25, 0.3) is 0 Å². The number of carboxylic acids is 1. The minimum atomic E-state index is -1.21. The van der Waals surface area contributed by atoms with Gasteiger partial charge in [-0.3, -0.25) is 9.59 Å². The molecular weight excluding hydrogens is 484 g/mol. The van der Waals surface area contributed by atoms with E-state index in [0.717, 1.165) is 18.4 Å². The zero-order valence-electron chi connectivity index (χ0n) is 24.2. The number of carboxylic acid groups (broad SMARTS) is 1. The van der Waals surface area contributed by atoms with Gasteiger partial charge in [0.1, 0.15) is 0 Å². The van der Waals surface area contributed by atoms with Crippen LogP contribution in [0.15, 0.2) is 11.6 Å². The van der Waals surface area contributed by atoms with E-state index in [0.29, 0.717) is 38.5 Å². The summed E-state index contributed by atoms with van der Waals surface area (Å²) >= 11 is 0. The number of fused-ring (bicyclic) bond motifs is 7. The molecule has 0 aromatic heterocycles. The fraction of sp³-hybridized carbons (Fsp3) is 0.871. The third-order valence-corrected chi connectivity index (χ3v) is 13.7. The number of carbonyl (C=O) groups excluding carboxylic acids is 1. The third kappa shape index (κ3) is 3.07. The largest absolute Gasteiger partial charge is 0.481 e. The lowest BCUT2D eigenvalue weighted by Gasteiger charge is -2.71. The van der Waals surface area contributed by atoms with Gasteiger partial charge < -0.3 is 25.2 Å². The number of aliphatic carboxylic acids is 1. The number of methoxy groups -OCH3 is 1. The Morgan fingerprint density at radius 3 is 2.24 bits per heavy atom. The van der Waals surface area contributed by atoms with Crippen molar-refractivity contribution in [2.24, 2.45) is 50.7 Å². The van der Waals surface area contributed by atoms with Crippen LogP contribution in [-0.2, 0) is 14.3 Å². The van der Waals surface area contributed by atoms with Crippen LogP contribution in [0.4, 0.5) is 0 Å². The van der Waals surface area contributed by atoms with Gasteiger partial charge >= 0.3 is 11.9 Å². The van der Waals surface area contributed by atoms with Gasteiger partial charge in [0.2, 0.25) is 0 Å². The van der Waals surface area contributed by atoms with Gasteiger partial charge in [0, 0.05) is 5.92 Å². The number of allylic oxidation sites excluding steroid dienone is 1. The lowest BCUT2D eigenvalue weighted by molar-refractivity contribution is -0.244. The van der Waals surface area contributed by atoms with E-state index in [-0.39, 0.29) is 28.6 Å². The van der Waals surface area contributed by atoms with Gasteiger partial charge in [0.15, 0.2) is 0 Å². The number of rotatable bonds is 2. The van der Waals surface area contributed by atoms with Crippen LogP contribution in [-0.4, -0.2) is 57.3 Å². The molecule has 7 heteroatoms. The highest BCUT2D eigenvalue weighted by Crippen LogP contribution is 2.76. The summed E-state index contributed by atoms with van der Waals surface area (Å²) in [7, 11) is 1.34. The Balaban J connectivity index is 1.65. The van der Waals surface area contributed by atoms with E-state index in [9.17, 15) is 30.0 Å². The van der Waals surface area contributed by atoms with Crippen LogP contribution in [0, 0.1) is 50.7 Å². The summed E-state index contributed by atoms with van der Waals surface area (Å²) in [6.07, 6.45) is 5.21. The first kappa shape index (κ1) is 28.1. The van der Waals surface area contributed by atoms with Crippen LogP contribution in [0.5, 0.6) is 0 Å². The normalized spacial score (nSPS) is 55.9. The number of aliphatic hydroxyl groups is 3. The standard InChI is InChI=1S/C31H48O7/c1-17-10-13-31(24(34)35)15-14-27(3)18(22(31)30(17,6)37)8-9-20-26(2)16-19(32)23(33)29(5,25(36)38-7)21(26)11-12-28(20,27)4/h8,17,19-23,32-33,37H,9-16H2,1-7H3,(H,34,35)/t17-,19-,20-,21-,22-,23+,26-,27-,28-,29+,30-,31+/m1/s1. The molecule has 0 saturated heterocycles. The predicted octanol–water partition coefficient (Wildman–Crippen LogP) is 4.33. The third-order valence-electron chi connectivity index (χ3n) is 13.7. The maximum atomic E-state index is 13.1. The molecular formula is C31H48O7. The van der Waals surface area contributed by atoms with E-state index >= 15 is 0 Å². The first-order valence-electron chi connectivity index (χ1n) is 14.6. The summed E-state index contributed by atoms with van der Waals surface area (Å²) in [6.45, 7) is 12.4. The van der Waals surface area contributed by atoms with Crippen molar-refractivity contribution in [3.8, 4) is 0 Å². The predicted molar refractivity (Wildman–Crippen MR) is 142 cm³/mol. The van der Waals surface area contributed by atoms with Crippen LogP contribution >= 0.6 is 0 Å². The Bertz CT molecular complexity index is 1070. The molecule has 5 rings (SSSR count). The highest BCUT2D eigenvalue weighted by Gasteiger charge is 2.73. The number of hydrogen-bond donors (Lipinski definition) is 4. The zero-order valence-corrected chi connectivity index (χ0v) is 24.2. The van der Waals surface area contributed by atoms with E-state index in [1.807, 2.05) is 13.8 Å². The molecule has 0 amide bonds. The molecule has 5 aliphatic carbocycles. The van der Waals surface area contributed by atoms with Gasteiger partial charge in [-0.05, 0) is 99.2 Å². The second-order valence-electron chi connectivity index (χ2n) is 14.8.